The molecule has 0 fully saturated rings. The summed E-state index contributed by atoms with van der Waals surface area (Å²) in [6.07, 6.45) is -0.882. The summed E-state index contributed by atoms with van der Waals surface area (Å²) in [6.45, 7) is 0.619. The van der Waals surface area contributed by atoms with Gasteiger partial charge in [-0.3, -0.25) is 4.79 Å². The van der Waals surface area contributed by atoms with Gasteiger partial charge in [-0.1, -0.05) is 36.4 Å². The van der Waals surface area contributed by atoms with Crippen LogP contribution in [0, 0.1) is 0 Å². The number of fused-ring (bicyclic) bond motifs is 1. The quantitative estimate of drug-likeness (QED) is 0.881. The van der Waals surface area contributed by atoms with Gasteiger partial charge in [-0.2, -0.15) is 8.78 Å². The molecule has 0 atom stereocenters. The second-order valence-corrected chi connectivity index (χ2v) is 7.41. The van der Waals surface area contributed by atoms with E-state index in [9.17, 15) is 22.0 Å². The number of rotatable bonds is 5. The molecule has 0 bridgehead atoms. The number of sulfonamides is 1. The number of amides is 1. The van der Waals surface area contributed by atoms with E-state index < -0.39 is 28.3 Å². The van der Waals surface area contributed by atoms with Gasteiger partial charge < -0.3 is 4.74 Å². The van der Waals surface area contributed by atoms with E-state index in [0.717, 1.165) is 5.56 Å². The van der Waals surface area contributed by atoms with Gasteiger partial charge in [0.25, 0.3) is 10.0 Å². The van der Waals surface area contributed by atoms with Crippen LogP contribution in [0.3, 0.4) is 0 Å². The molecule has 0 aromatic heterocycles. The summed E-state index contributed by atoms with van der Waals surface area (Å²) < 4.78 is 59.3. The molecule has 0 unspecified atom stereocenters. The molecule has 25 heavy (non-hydrogen) atoms. The highest BCUT2D eigenvalue weighted by atomic mass is 32.2. The Kier molecular flexibility index (Phi) is 4.57. The first kappa shape index (κ1) is 17.5. The fourth-order valence-electron chi connectivity index (χ4n) is 2.50. The highest BCUT2D eigenvalue weighted by molar-refractivity contribution is 7.90. The van der Waals surface area contributed by atoms with Crippen LogP contribution in [-0.2, 0) is 39.2 Å². The van der Waals surface area contributed by atoms with Gasteiger partial charge in [-0.05, 0) is 28.8 Å². The van der Waals surface area contributed by atoms with Crippen LogP contribution in [0.5, 0.6) is 0 Å². The SMILES string of the molecule is O=C(NS(=O)(=O)c1ccc2c(c1)COC2)C(F)(F)Cc1ccccc1. The second kappa shape index (κ2) is 6.53. The molecule has 8 heteroatoms. The van der Waals surface area contributed by atoms with Crippen LogP contribution in [0.2, 0.25) is 0 Å². The van der Waals surface area contributed by atoms with Crippen molar-refractivity contribution in [2.75, 3.05) is 0 Å². The summed E-state index contributed by atoms with van der Waals surface area (Å²) in [5.41, 5.74) is 1.72. The molecular formula is C17H15F2NO4S. The summed E-state index contributed by atoms with van der Waals surface area (Å²) in [4.78, 5) is 11.6. The highest BCUT2D eigenvalue weighted by Crippen LogP contribution is 2.24. The number of halogens is 2. The molecular weight excluding hydrogens is 352 g/mol. The first-order valence-electron chi connectivity index (χ1n) is 7.46. The van der Waals surface area contributed by atoms with Gasteiger partial charge in [-0.25, -0.2) is 13.1 Å². The Bertz CT molecular complexity index is 898. The van der Waals surface area contributed by atoms with Crippen molar-refractivity contribution >= 4 is 15.9 Å². The van der Waals surface area contributed by atoms with Crippen LogP contribution in [-0.4, -0.2) is 20.2 Å². The standard InChI is InChI=1S/C17H15F2NO4S/c18-17(19,9-12-4-2-1-3-5-12)16(21)20-25(22,23)15-7-6-13-10-24-11-14(13)8-15/h1-8H,9-11H2,(H,20,21). The fourth-order valence-corrected chi connectivity index (χ4v) is 3.56. The van der Waals surface area contributed by atoms with E-state index in [1.807, 2.05) is 0 Å². The van der Waals surface area contributed by atoms with Crippen molar-refractivity contribution in [1.82, 2.24) is 4.72 Å². The average Bonchev–Trinajstić information content (AvgIpc) is 3.02. The van der Waals surface area contributed by atoms with Gasteiger partial charge in [0.05, 0.1) is 18.1 Å². The normalized spacial score (nSPS) is 14.2. The molecule has 1 heterocycles. The molecule has 1 aliphatic heterocycles. The predicted molar refractivity (Wildman–Crippen MR) is 85.4 cm³/mol. The molecule has 0 spiro atoms. The molecule has 132 valence electrons. The maximum Gasteiger partial charge on any atom is 0.329 e. The molecule has 0 aliphatic carbocycles. The third-order valence-electron chi connectivity index (χ3n) is 3.83. The molecule has 1 N–H and O–H groups in total. The van der Waals surface area contributed by atoms with Crippen LogP contribution >= 0.6 is 0 Å². The van der Waals surface area contributed by atoms with Crippen LogP contribution in [0.25, 0.3) is 0 Å². The van der Waals surface area contributed by atoms with Gasteiger partial charge in [0, 0.05) is 6.42 Å². The van der Waals surface area contributed by atoms with Gasteiger partial charge in [0.1, 0.15) is 0 Å². The Morgan fingerprint density at radius 1 is 1.08 bits per heavy atom. The van der Waals surface area contributed by atoms with E-state index >= 15 is 0 Å². The maximum atomic E-state index is 14.1. The lowest BCUT2D eigenvalue weighted by atomic mass is 10.1. The minimum absolute atomic E-state index is 0.231. The Labute approximate surface area is 143 Å². The Balaban J connectivity index is 1.76. The molecule has 0 radical (unpaired) electrons. The number of carbonyl (C=O) groups is 1. The zero-order valence-electron chi connectivity index (χ0n) is 13.0. The van der Waals surface area contributed by atoms with Crippen LogP contribution in [0.1, 0.15) is 16.7 Å². The zero-order valence-corrected chi connectivity index (χ0v) is 13.9. The maximum absolute atomic E-state index is 14.1. The second-order valence-electron chi connectivity index (χ2n) is 5.72. The highest BCUT2D eigenvalue weighted by Gasteiger charge is 2.41. The molecule has 2 aromatic carbocycles. The molecule has 2 aromatic rings. The van der Waals surface area contributed by atoms with Gasteiger partial charge >= 0.3 is 11.8 Å². The van der Waals surface area contributed by atoms with E-state index in [1.54, 1.807) is 24.3 Å². The molecule has 0 saturated heterocycles. The summed E-state index contributed by atoms with van der Waals surface area (Å²) in [6, 6.07) is 11.8. The number of hydrogen-bond acceptors (Lipinski definition) is 4. The minimum Gasteiger partial charge on any atom is -0.372 e. The number of nitrogens with one attached hydrogen (secondary N) is 1. The molecule has 5 nitrogen and oxygen atoms in total. The summed E-state index contributed by atoms with van der Waals surface area (Å²) in [5.74, 6) is -5.71. The molecule has 1 amide bonds. The lowest BCUT2D eigenvalue weighted by Gasteiger charge is -2.16. The Morgan fingerprint density at radius 2 is 1.76 bits per heavy atom. The van der Waals surface area contributed by atoms with Crippen LogP contribution in [0.4, 0.5) is 8.78 Å². The van der Waals surface area contributed by atoms with Gasteiger partial charge in [0.2, 0.25) is 0 Å². The monoisotopic (exact) mass is 367 g/mol. The van der Waals surface area contributed by atoms with Crippen molar-refractivity contribution in [1.29, 1.82) is 0 Å². The summed E-state index contributed by atoms with van der Waals surface area (Å²) in [7, 11) is -4.39. The van der Waals surface area contributed by atoms with Crippen LogP contribution < -0.4 is 4.72 Å². The largest absolute Gasteiger partial charge is 0.372 e. The first-order valence-corrected chi connectivity index (χ1v) is 8.95. The van der Waals surface area contributed by atoms with Crippen molar-refractivity contribution < 1.29 is 26.7 Å². The lowest BCUT2D eigenvalue weighted by molar-refractivity contribution is -0.143. The average molecular weight is 367 g/mol. The molecule has 3 rings (SSSR count). The number of alkyl halides is 2. The number of hydrogen-bond donors (Lipinski definition) is 1. The smallest absolute Gasteiger partial charge is 0.329 e. The Hall–Kier alpha value is -2.32. The number of benzene rings is 2. The topological polar surface area (TPSA) is 72.5 Å². The minimum atomic E-state index is -4.39. The van der Waals surface area contributed by atoms with Crippen molar-refractivity contribution in [3.05, 3.63) is 65.2 Å². The van der Waals surface area contributed by atoms with Gasteiger partial charge in [0.15, 0.2) is 0 Å². The number of carbonyl (C=O) groups excluding carboxylic acids is 1. The van der Waals surface area contributed by atoms with E-state index in [2.05, 4.69) is 0 Å². The van der Waals surface area contributed by atoms with E-state index in [-0.39, 0.29) is 17.1 Å². The third kappa shape index (κ3) is 3.85. The molecule has 1 aliphatic rings. The lowest BCUT2D eigenvalue weighted by Crippen LogP contribution is -2.44. The summed E-state index contributed by atoms with van der Waals surface area (Å²) in [5, 5.41) is 0. The van der Waals surface area contributed by atoms with Crippen molar-refractivity contribution in [3.63, 3.8) is 0 Å². The fraction of sp³-hybridized carbons (Fsp3) is 0.235. The Morgan fingerprint density at radius 3 is 2.48 bits per heavy atom. The zero-order chi connectivity index (χ0) is 18.1. The third-order valence-corrected chi connectivity index (χ3v) is 5.16. The first-order chi connectivity index (χ1) is 11.8. The van der Waals surface area contributed by atoms with Crippen molar-refractivity contribution in [2.45, 2.75) is 30.5 Å². The molecule has 0 saturated carbocycles. The van der Waals surface area contributed by atoms with E-state index in [0.29, 0.717) is 12.2 Å². The predicted octanol–water partition coefficient (Wildman–Crippen LogP) is 2.40. The van der Waals surface area contributed by atoms with Gasteiger partial charge in [-0.15, -0.1) is 0 Å². The summed E-state index contributed by atoms with van der Waals surface area (Å²) >= 11 is 0. The van der Waals surface area contributed by atoms with Crippen molar-refractivity contribution in [2.24, 2.45) is 0 Å². The van der Waals surface area contributed by atoms with Crippen molar-refractivity contribution in [3.8, 4) is 0 Å². The van der Waals surface area contributed by atoms with E-state index in [1.165, 1.54) is 29.0 Å². The number of ether oxygens (including phenoxy) is 1. The van der Waals surface area contributed by atoms with E-state index in [4.69, 9.17) is 4.74 Å². The van der Waals surface area contributed by atoms with Crippen LogP contribution in [0.15, 0.2) is 53.4 Å².